The average molecular weight is 331 g/mol. The van der Waals surface area contributed by atoms with Crippen LogP contribution in [0.15, 0.2) is 68.1 Å². The van der Waals surface area contributed by atoms with E-state index in [0.29, 0.717) is 0 Å². The summed E-state index contributed by atoms with van der Waals surface area (Å²) in [5.41, 5.74) is 0. The van der Waals surface area contributed by atoms with Crippen LogP contribution < -0.4 is 0 Å². The number of hydrogen-bond donors (Lipinski definition) is 1. The first-order valence-electron chi connectivity index (χ1n) is 7.78. The van der Waals surface area contributed by atoms with E-state index < -0.39 is 11.2 Å². The van der Waals surface area contributed by atoms with Gasteiger partial charge in [-0.05, 0) is 37.1 Å². The maximum absolute atomic E-state index is 10.3. The standard InChI is InChI=1S/C18H19O2S2/c19-13-7-1-2-8-14(13)20-22-17-11-5-3-9-15(17)21-16-10-4-6-12-18(16)22/h3-6,9-14,19H,1-2,7-8H2/q+1/t13-,14+/m1/s1. The van der Waals surface area contributed by atoms with Gasteiger partial charge in [-0.1, -0.05) is 48.9 Å². The summed E-state index contributed by atoms with van der Waals surface area (Å²) >= 11 is 1.42. The SMILES string of the molecule is O[C@@H]1CCCC[C@@H]1O[S+]1c2ccccc2Sc2ccccc21. The minimum Gasteiger partial charge on any atom is -0.390 e. The summed E-state index contributed by atoms with van der Waals surface area (Å²) in [6.45, 7) is 0. The van der Waals surface area contributed by atoms with Crippen molar-refractivity contribution in [3.8, 4) is 0 Å². The number of aliphatic hydroxyl groups excluding tert-OH is 1. The van der Waals surface area contributed by atoms with E-state index in [1.807, 2.05) is 11.8 Å². The van der Waals surface area contributed by atoms with Gasteiger partial charge in [0.15, 0.2) is 0 Å². The van der Waals surface area contributed by atoms with Crippen LogP contribution in [-0.4, -0.2) is 17.3 Å². The second-order valence-electron chi connectivity index (χ2n) is 5.75. The maximum Gasteiger partial charge on any atom is 0.225 e. The van der Waals surface area contributed by atoms with Crippen LogP contribution in [0.25, 0.3) is 0 Å². The summed E-state index contributed by atoms with van der Waals surface area (Å²) in [7, 11) is 0. The van der Waals surface area contributed by atoms with Gasteiger partial charge in [-0.3, -0.25) is 0 Å². The largest absolute Gasteiger partial charge is 0.390 e. The summed E-state index contributed by atoms with van der Waals surface area (Å²) in [5, 5.41) is 10.3. The molecule has 0 aromatic heterocycles. The highest BCUT2D eigenvalue weighted by Gasteiger charge is 2.42. The molecule has 22 heavy (non-hydrogen) atoms. The minimum atomic E-state index is -0.394. The lowest BCUT2D eigenvalue weighted by molar-refractivity contribution is 0.0150. The third-order valence-electron chi connectivity index (χ3n) is 4.21. The fourth-order valence-corrected chi connectivity index (χ4v) is 6.42. The van der Waals surface area contributed by atoms with E-state index in [4.69, 9.17) is 4.18 Å². The molecule has 1 aliphatic heterocycles. The summed E-state index contributed by atoms with van der Waals surface area (Å²) in [6, 6.07) is 17.0. The quantitative estimate of drug-likeness (QED) is 0.826. The lowest BCUT2D eigenvalue weighted by Gasteiger charge is -2.27. The molecule has 1 aliphatic carbocycles. The van der Waals surface area contributed by atoms with Crippen LogP contribution in [0.5, 0.6) is 0 Å². The van der Waals surface area contributed by atoms with Crippen molar-refractivity contribution in [3.63, 3.8) is 0 Å². The molecule has 1 saturated carbocycles. The molecule has 2 aromatic carbocycles. The molecule has 0 amide bonds. The molecule has 4 rings (SSSR count). The molecule has 0 saturated heterocycles. The van der Waals surface area contributed by atoms with Gasteiger partial charge < -0.3 is 5.11 Å². The van der Waals surface area contributed by atoms with Crippen LogP contribution in [-0.2, 0) is 15.4 Å². The van der Waals surface area contributed by atoms with E-state index in [-0.39, 0.29) is 12.2 Å². The molecule has 0 radical (unpaired) electrons. The van der Waals surface area contributed by atoms with Crippen LogP contribution in [0, 0.1) is 0 Å². The topological polar surface area (TPSA) is 29.5 Å². The molecule has 1 N–H and O–H groups in total. The Kier molecular flexibility index (Phi) is 4.18. The van der Waals surface area contributed by atoms with E-state index in [1.54, 1.807) is 0 Å². The van der Waals surface area contributed by atoms with Crippen molar-refractivity contribution in [2.24, 2.45) is 0 Å². The molecular weight excluding hydrogens is 312 g/mol. The zero-order chi connectivity index (χ0) is 14.9. The number of aliphatic hydroxyl groups is 1. The van der Waals surface area contributed by atoms with Gasteiger partial charge in [0.05, 0.1) is 15.9 Å². The first-order valence-corrected chi connectivity index (χ1v) is 9.75. The molecule has 114 valence electrons. The molecule has 2 aliphatic rings. The predicted octanol–water partition coefficient (Wildman–Crippen LogP) is 4.42. The maximum atomic E-state index is 10.3. The highest BCUT2D eigenvalue weighted by Crippen LogP contribution is 2.46. The molecular formula is C18H19O2S2+. The van der Waals surface area contributed by atoms with Gasteiger partial charge in [-0.15, -0.1) is 0 Å². The first kappa shape index (κ1) is 14.6. The van der Waals surface area contributed by atoms with Gasteiger partial charge >= 0.3 is 0 Å². The molecule has 0 spiro atoms. The molecule has 0 bridgehead atoms. The monoisotopic (exact) mass is 331 g/mol. The van der Waals surface area contributed by atoms with Gasteiger partial charge in [0.1, 0.15) is 6.10 Å². The normalized spacial score (nSPS) is 24.6. The molecule has 1 fully saturated rings. The van der Waals surface area contributed by atoms with Crippen molar-refractivity contribution >= 4 is 22.9 Å². The minimum absolute atomic E-state index is 0.0405. The van der Waals surface area contributed by atoms with Crippen LogP contribution in [0.4, 0.5) is 0 Å². The van der Waals surface area contributed by atoms with E-state index >= 15 is 0 Å². The van der Waals surface area contributed by atoms with Crippen LogP contribution in [0.1, 0.15) is 25.7 Å². The molecule has 1 heterocycles. The fraction of sp³-hybridized carbons (Fsp3) is 0.333. The molecule has 4 heteroatoms. The second kappa shape index (κ2) is 6.28. The molecule has 2 nitrogen and oxygen atoms in total. The van der Waals surface area contributed by atoms with Crippen molar-refractivity contribution in [1.29, 1.82) is 0 Å². The zero-order valence-electron chi connectivity index (χ0n) is 12.3. The highest BCUT2D eigenvalue weighted by molar-refractivity contribution is 8.02. The lowest BCUT2D eigenvalue weighted by atomic mass is 9.95. The van der Waals surface area contributed by atoms with Crippen LogP contribution >= 0.6 is 11.8 Å². The van der Waals surface area contributed by atoms with Crippen molar-refractivity contribution in [2.75, 3.05) is 0 Å². The highest BCUT2D eigenvalue weighted by atomic mass is 32.2. The molecule has 2 atom stereocenters. The van der Waals surface area contributed by atoms with Crippen LogP contribution in [0.2, 0.25) is 0 Å². The Hall–Kier alpha value is -0.940. The Bertz CT molecular complexity index is 628. The van der Waals surface area contributed by atoms with Gasteiger partial charge in [0, 0.05) is 0 Å². The van der Waals surface area contributed by atoms with Gasteiger partial charge in [0.2, 0.25) is 21.0 Å². The second-order valence-corrected chi connectivity index (χ2v) is 8.44. The fourth-order valence-electron chi connectivity index (χ4n) is 3.03. The van der Waals surface area contributed by atoms with Gasteiger partial charge in [-0.25, -0.2) is 0 Å². The van der Waals surface area contributed by atoms with E-state index in [0.717, 1.165) is 25.7 Å². The summed E-state index contributed by atoms with van der Waals surface area (Å²) in [6.07, 6.45) is 3.72. The van der Waals surface area contributed by atoms with Crippen molar-refractivity contribution in [1.82, 2.24) is 0 Å². The van der Waals surface area contributed by atoms with E-state index in [1.165, 1.54) is 19.6 Å². The molecule has 0 unspecified atom stereocenters. The Morgan fingerprint density at radius 2 is 1.50 bits per heavy atom. The van der Waals surface area contributed by atoms with Crippen molar-refractivity contribution < 1.29 is 9.29 Å². The first-order chi connectivity index (χ1) is 10.8. The van der Waals surface area contributed by atoms with Crippen molar-refractivity contribution in [2.45, 2.75) is 57.5 Å². The Morgan fingerprint density at radius 3 is 2.14 bits per heavy atom. The summed E-state index contributed by atoms with van der Waals surface area (Å²) in [4.78, 5) is 5.05. The summed E-state index contributed by atoms with van der Waals surface area (Å²) < 4.78 is 6.46. The van der Waals surface area contributed by atoms with E-state index in [2.05, 4.69) is 48.5 Å². The Labute approximate surface area is 138 Å². The third-order valence-corrected chi connectivity index (χ3v) is 7.57. The molecule has 2 aromatic rings. The van der Waals surface area contributed by atoms with Gasteiger partial charge in [0.25, 0.3) is 0 Å². The number of fused-ring (bicyclic) bond motifs is 2. The Balaban J connectivity index is 1.71. The zero-order valence-corrected chi connectivity index (χ0v) is 13.9. The van der Waals surface area contributed by atoms with Gasteiger partial charge in [-0.2, -0.15) is 4.18 Å². The third kappa shape index (κ3) is 2.69. The number of hydrogen-bond acceptors (Lipinski definition) is 3. The summed E-state index contributed by atoms with van der Waals surface area (Å²) in [5.74, 6) is 0. The smallest absolute Gasteiger partial charge is 0.225 e. The van der Waals surface area contributed by atoms with Crippen molar-refractivity contribution in [3.05, 3.63) is 48.5 Å². The number of rotatable bonds is 2. The van der Waals surface area contributed by atoms with E-state index in [9.17, 15) is 5.11 Å². The lowest BCUT2D eigenvalue weighted by Crippen LogP contribution is -2.34. The number of benzene rings is 2. The average Bonchev–Trinajstić information content (AvgIpc) is 2.56. The predicted molar refractivity (Wildman–Crippen MR) is 90.3 cm³/mol. The Morgan fingerprint density at radius 1 is 0.909 bits per heavy atom. The van der Waals surface area contributed by atoms with Crippen LogP contribution in [0.3, 0.4) is 0 Å².